The van der Waals surface area contributed by atoms with E-state index in [4.69, 9.17) is 5.73 Å². The van der Waals surface area contributed by atoms with Crippen LogP contribution in [0.3, 0.4) is 0 Å². The van der Waals surface area contributed by atoms with E-state index in [-0.39, 0.29) is 5.97 Å². The lowest BCUT2D eigenvalue weighted by atomic mass is 10.2. The molecule has 0 aliphatic carbocycles. The molecule has 0 saturated carbocycles. The second kappa shape index (κ2) is 3.74. The fourth-order valence-electron chi connectivity index (χ4n) is 1.27. The Balaban J connectivity index is 2.50. The number of carbonyl (C=O) groups is 1. The molecule has 0 radical (unpaired) electrons. The molecule has 0 saturated heterocycles. The Hall–Kier alpha value is -1.82. The number of aromatic amines is 1. The summed E-state index contributed by atoms with van der Waals surface area (Å²) < 4.78 is 4.67. The minimum Gasteiger partial charge on any atom is -0.465 e. The van der Waals surface area contributed by atoms with Gasteiger partial charge < -0.3 is 10.5 Å². The SMILES string of the molecule is COC(=O)c1sccc1-c1[nH]ncc1N. The molecule has 2 rings (SSSR count). The van der Waals surface area contributed by atoms with E-state index < -0.39 is 0 Å². The molecule has 0 aromatic carbocycles. The zero-order chi connectivity index (χ0) is 10.8. The van der Waals surface area contributed by atoms with Crippen LogP contribution in [0.15, 0.2) is 17.6 Å². The van der Waals surface area contributed by atoms with Gasteiger partial charge in [-0.3, -0.25) is 5.10 Å². The summed E-state index contributed by atoms with van der Waals surface area (Å²) in [6, 6.07) is 1.81. The van der Waals surface area contributed by atoms with Crippen LogP contribution in [0.4, 0.5) is 5.69 Å². The maximum absolute atomic E-state index is 11.4. The van der Waals surface area contributed by atoms with Crippen molar-refractivity contribution in [1.29, 1.82) is 0 Å². The van der Waals surface area contributed by atoms with Gasteiger partial charge in [0.2, 0.25) is 0 Å². The van der Waals surface area contributed by atoms with Crippen molar-refractivity contribution in [2.24, 2.45) is 0 Å². The first kappa shape index (κ1) is 9.72. The van der Waals surface area contributed by atoms with E-state index in [9.17, 15) is 4.79 Å². The molecule has 15 heavy (non-hydrogen) atoms. The molecule has 0 aliphatic rings. The Labute approximate surface area is 89.9 Å². The van der Waals surface area contributed by atoms with E-state index in [0.29, 0.717) is 16.3 Å². The number of nitrogens with two attached hydrogens (primary N) is 1. The fraction of sp³-hybridized carbons (Fsp3) is 0.111. The summed E-state index contributed by atoms with van der Waals surface area (Å²) in [5, 5.41) is 8.36. The van der Waals surface area contributed by atoms with E-state index in [1.807, 2.05) is 5.38 Å². The number of thiophene rings is 1. The average Bonchev–Trinajstić information content (AvgIpc) is 2.84. The van der Waals surface area contributed by atoms with Gasteiger partial charge >= 0.3 is 5.97 Å². The summed E-state index contributed by atoms with van der Waals surface area (Å²) in [6.07, 6.45) is 1.51. The Morgan fingerprint density at radius 2 is 2.47 bits per heavy atom. The molecule has 0 atom stereocenters. The molecule has 6 heteroatoms. The van der Waals surface area contributed by atoms with Crippen LogP contribution in [-0.2, 0) is 4.74 Å². The summed E-state index contributed by atoms with van der Waals surface area (Å²) in [7, 11) is 1.35. The molecule has 0 fully saturated rings. The molecule has 3 N–H and O–H groups in total. The average molecular weight is 223 g/mol. The highest BCUT2D eigenvalue weighted by Gasteiger charge is 2.17. The van der Waals surface area contributed by atoms with Crippen molar-refractivity contribution in [3.05, 3.63) is 22.5 Å². The third kappa shape index (κ3) is 1.59. The largest absolute Gasteiger partial charge is 0.465 e. The second-order valence-electron chi connectivity index (χ2n) is 2.86. The van der Waals surface area contributed by atoms with E-state index in [1.54, 1.807) is 6.07 Å². The lowest BCUT2D eigenvalue weighted by molar-refractivity contribution is 0.0607. The van der Waals surface area contributed by atoms with Gasteiger partial charge in [-0.05, 0) is 11.4 Å². The Kier molecular flexibility index (Phi) is 2.42. The van der Waals surface area contributed by atoms with Crippen LogP contribution in [0.1, 0.15) is 9.67 Å². The number of anilines is 1. The summed E-state index contributed by atoms with van der Waals surface area (Å²) in [5.74, 6) is -0.367. The van der Waals surface area contributed by atoms with Crippen LogP contribution >= 0.6 is 11.3 Å². The number of hydrogen-bond acceptors (Lipinski definition) is 5. The minimum atomic E-state index is -0.367. The molecule has 0 spiro atoms. The molecule has 5 nitrogen and oxygen atoms in total. The van der Waals surface area contributed by atoms with Gasteiger partial charge in [0, 0.05) is 5.56 Å². The highest BCUT2D eigenvalue weighted by molar-refractivity contribution is 7.12. The zero-order valence-electron chi connectivity index (χ0n) is 7.98. The van der Waals surface area contributed by atoms with Crippen molar-refractivity contribution in [1.82, 2.24) is 10.2 Å². The summed E-state index contributed by atoms with van der Waals surface area (Å²) >= 11 is 1.31. The van der Waals surface area contributed by atoms with E-state index in [0.717, 1.165) is 5.56 Å². The van der Waals surface area contributed by atoms with Gasteiger partial charge in [-0.1, -0.05) is 0 Å². The predicted octanol–water partition coefficient (Wildman–Crippen LogP) is 1.51. The van der Waals surface area contributed by atoms with Crippen LogP contribution in [-0.4, -0.2) is 23.3 Å². The van der Waals surface area contributed by atoms with Crippen molar-refractivity contribution >= 4 is 23.0 Å². The molecule has 0 aliphatic heterocycles. The first-order chi connectivity index (χ1) is 7.24. The number of nitrogen functional groups attached to an aromatic ring is 1. The van der Waals surface area contributed by atoms with E-state index >= 15 is 0 Å². The van der Waals surface area contributed by atoms with Crippen molar-refractivity contribution < 1.29 is 9.53 Å². The van der Waals surface area contributed by atoms with Crippen molar-refractivity contribution in [3.8, 4) is 11.3 Å². The molecule has 2 aromatic rings. The van der Waals surface area contributed by atoms with Crippen molar-refractivity contribution in [2.75, 3.05) is 12.8 Å². The van der Waals surface area contributed by atoms with Gasteiger partial charge in [-0.2, -0.15) is 5.10 Å². The number of rotatable bonds is 2. The second-order valence-corrected chi connectivity index (χ2v) is 3.77. The fourth-order valence-corrected chi connectivity index (χ4v) is 2.08. The molecule has 78 valence electrons. The lowest BCUT2D eigenvalue weighted by Gasteiger charge is -2.00. The van der Waals surface area contributed by atoms with Gasteiger partial charge in [-0.25, -0.2) is 4.79 Å². The Bertz CT molecular complexity index is 489. The summed E-state index contributed by atoms with van der Waals surface area (Å²) in [5.41, 5.74) is 7.59. The van der Waals surface area contributed by atoms with Gasteiger partial charge in [0.1, 0.15) is 4.88 Å². The predicted molar refractivity (Wildman–Crippen MR) is 57.7 cm³/mol. The zero-order valence-corrected chi connectivity index (χ0v) is 8.80. The van der Waals surface area contributed by atoms with Crippen molar-refractivity contribution in [3.63, 3.8) is 0 Å². The number of nitrogens with one attached hydrogen (secondary N) is 1. The van der Waals surface area contributed by atoms with E-state index in [2.05, 4.69) is 14.9 Å². The normalized spacial score (nSPS) is 10.2. The topological polar surface area (TPSA) is 81.0 Å². The third-order valence-corrected chi connectivity index (χ3v) is 2.87. The molecule has 0 amide bonds. The number of nitrogens with zero attached hydrogens (tertiary/aromatic N) is 1. The smallest absolute Gasteiger partial charge is 0.348 e. The van der Waals surface area contributed by atoms with E-state index in [1.165, 1.54) is 24.6 Å². The van der Waals surface area contributed by atoms with Crippen LogP contribution in [0, 0.1) is 0 Å². The number of carbonyl (C=O) groups excluding carboxylic acids is 1. The molecular formula is C9H9N3O2S. The van der Waals surface area contributed by atoms with Gasteiger partial charge in [-0.15, -0.1) is 11.3 Å². The standard InChI is InChI=1S/C9H9N3O2S/c1-14-9(13)8-5(2-3-15-8)7-6(10)4-11-12-7/h2-4H,10H2,1H3,(H,11,12). The number of aromatic nitrogens is 2. The van der Waals surface area contributed by atoms with Crippen molar-refractivity contribution in [2.45, 2.75) is 0 Å². The number of esters is 1. The minimum absolute atomic E-state index is 0.367. The Morgan fingerprint density at radius 3 is 3.07 bits per heavy atom. The molecule has 2 aromatic heterocycles. The highest BCUT2D eigenvalue weighted by atomic mass is 32.1. The quantitative estimate of drug-likeness (QED) is 0.756. The highest BCUT2D eigenvalue weighted by Crippen LogP contribution is 2.30. The van der Waals surface area contributed by atoms with Gasteiger partial charge in [0.25, 0.3) is 0 Å². The maximum Gasteiger partial charge on any atom is 0.348 e. The van der Waals surface area contributed by atoms with Gasteiger partial charge in [0.15, 0.2) is 0 Å². The number of ether oxygens (including phenoxy) is 1. The molecule has 0 bridgehead atoms. The number of methoxy groups -OCH3 is 1. The maximum atomic E-state index is 11.4. The lowest BCUT2D eigenvalue weighted by Crippen LogP contribution is -2.00. The number of H-pyrrole nitrogens is 1. The molecule has 2 heterocycles. The van der Waals surface area contributed by atoms with Crippen LogP contribution in [0.2, 0.25) is 0 Å². The first-order valence-corrected chi connectivity index (χ1v) is 5.07. The van der Waals surface area contributed by atoms with Crippen LogP contribution in [0.5, 0.6) is 0 Å². The number of hydrogen-bond donors (Lipinski definition) is 2. The van der Waals surface area contributed by atoms with Crippen LogP contribution < -0.4 is 5.73 Å². The molecular weight excluding hydrogens is 214 g/mol. The first-order valence-electron chi connectivity index (χ1n) is 4.19. The third-order valence-electron chi connectivity index (χ3n) is 1.97. The van der Waals surface area contributed by atoms with Gasteiger partial charge in [0.05, 0.1) is 24.7 Å². The summed E-state index contributed by atoms with van der Waals surface area (Å²) in [4.78, 5) is 11.9. The van der Waals surface area contributed by atoms with Crippen LogP contribution in [0.25, 0.3) is 11.3 Å². The summed E-state index contributed by atoms with van der Waals surface area (Å²) in [6.45, 7) is 0. The Morgan fingerprint density at radius 1 is 1.67 bits per heavy atom. The molecule has 0 unspecified atom stereocenters. The monoisotopic (exact) mass is 223 g/mol.